The summed E-state index contributed by atoms with van der Waals surface area (Å²) in [6, 6.07) is 5.71. The van der Waals surface area contributed by atoms with E-state index in [1.165, 1.54) is 18.2 Å². The van der Waals surface area contributed by atoms with Crippen molar-refractivity contribution in [3.8, 4) is 0 Å². The second-order valence-corrected chi connectivity index (χ2v) is 6.69. The predicted molar refractivity (Wildman–Crippen MR) is 76.4 cm³/mol. The summed E-state index contributed by atoms with van der Waals surface area (Å²) in [6.45, 7) is 1.92. The van der Waals surface area contributed by atoms with Gasteiger partial charge in [0.15, 0.2) is 9.84 Å². The van der Waals surface area contributed by atoms with Crippen LogP contribution in [-0.4, -0.2) is 25.7 Å². The molecular weight excluding hydrogens is 294 g/mol. The molecule has 1 amide bonds. The fourth-order valence-electron chi connectivity index (χ4n) is 1.74. The van der Waals surface area contributed by atoms with Crippen molar-refractivity contribution in [1.82, 2.24) is 10.5 Å². The van der Waals surface area contributed by atoms with E-state index in [1.54, 1.807) is 13.0 Å². The SMILES string of the molecule is Cc1cc(CNC(=O)c2cc(N)cc(S(C)(=O)=O)c2)no1. The van der Waals surface area contributed by atoms with E-state index in [9.17, 15) is 13.2 Å². The molecule has 1 heterocycles. The van der Waals surface area contributed by atoms with Crippen LogP contribution >= 0.6 is 0 Å². The van der Waals surface area contributed by atoms with Crippen LogP contribution in [0.4, 0.5) is 5.69 Å². The number of amides is 1. The summed E-state index contributed by atoms with van der Waals surface area (Å²) in [5.41, 5.74) is 6.59. The van der Waals surface area contributed by atoms with Gasteiger partial charge in [-0.3, -0.25) is 4.79 Å². The van der Waals surface area contributed by atoms with Crippen molar-refractivity contribution in [3.05, 3.63) is 41.3 Å². The second kappa shape index (κ2) is 5.57. The van der Waals surface area contributed by atoms with Crippen LogP contribution in [0.1, 0.15) is 21.8 Å². The molecule has 7 nitrogen and oxygen atoms in total. The van der Waals surface area contributed by atoms with Gasteiger partial charge in [-0.2, -0.15) is 0 Å². The zero-order valence-corrected chi connectivity index (χ0v) is 12.4. The largest absolute Gasteiger partial charge is 0.399 e. The highest BCUT2D eigenvalue weighted by atomic mass is 32.2. The minimum Gasteiger partial charge on any atom is -0.399 e. The molecule has 0 aliphatic rings. The van der Waals surface area contributed by atoms with Crippen LogP contribution in [0.5, 0.6) is 0 Å². The van der Waals surface area contributed by atoms with Crippen LogP contribution in [0, 0.1) is 6.92 Å². The minimum absolute atomic E-state index is 0.00457. The van der Waals surface area contributed by atoms with Crippen molar-refractivity contribution >= 4 is 21.4 Å². The topological polar surface area (TPSA) is 115 Å². The van der Waals surface area contributed by atoms with E-state index in [4.69, 9.17) is 10.3 Å². The first-order chi connectivity index (χ1) is 9.75. The molecule has 0 atom stereocenters. The van der Waals surface area contributed by atoms with Gasteiger partial charge in [0.2, 0.25) is 0 Å². The van der Waals surface area contributed by atoms with Crippen molar-refractivity contribution in [1.29, 1.82) is 0 Å². The predicted octanol–water partition coefficient (Wildman–Crippen LogP) is 0.899. The molecule has 1 aromatic carbocycles. The number of anilines is 1. The lowest BCUT2D eigenvalue weighted by Gasteiger charge is -2.06. The molecule has 8 heteroatoms. The van der Waals surface area contributed by atoms with E-state index in [-0.39, 0.29) is 22.7 Å². The number of carbonyl (C=O) groups is 1. The van der Waals surface area contributed by atoms with E-state index in [0.29, 0.717) is 11.5 Å². The van der Waals surface area contributed by atoms with Gasteiger partial charge in [-0.15, -0.1) is 0 Å². The first-order valence-corrected chi connectivity index (χ1v) is 7.96. The third-order valence-corrected chi connectivity index (χ3v) is 3.82. The van der Waals surface area contributed by atoms with Gasteiger partial charge in [0, 0.05) is 23.6 Å². The summed E-state index contributed by atoms with van der Waals surface area (Å²) >= 11 is 0. The number of hydrogen-bond acceptors (Lipinski definition) is 6. The molecule has 0 aliphatic heterocycles. The van der Waals surface area contributed by atoms with Crippen molar-refractivity contribution in [2.75, 3.05) is 12.0 Å². The number of nitrogens with zero attached hydrogens (tertiary/aromatic N) is 1. The molecule has 0 radical (unpaired) electrons. The molecule has 0 saturated carbocycles. The molecule has 0 spiro atoms. The Labute approximate surface area is 122 Å². The molecule has 2 aromatic rings. The third kappa shape index (κ3) is 3.82. The van der Waals surface area contributed by atoms with Crippen molar-refractivity contribution in [2.24, 2.45) is 0 Å². The molecule has 0 aliphatic carbocycles. The molecule has 3 N–H and O–H groups in total. The Kier molecular flexibility index (Phi) is 3.99. The fourth-order valence-corrected chi connectivity index (χ4v) is 2.43. The molecular formula is C13H15N3O4S. The molecule has 21 heavy (non-hydrogen) atoms. The molecule has 112 valence electrons. The summed E-state index contributed by atoms with van der Waals surface area (Å²) in [4.78, 5) is 12.0. The Morgan fingerprint density at radius 3 is 2.62 bits per heavy atom. The van der Waals surface area contributed by atoms with Gasteiger partial charge in [-0.1, -0.05) is 5.16 Å². The number of aromatic nitrogens is 1. The molecule has 2 rings (SSSR count). The molecule has 0 fully saturated rings. The molecule has 1 aromatic heterocycles. The highest BCUT2D eigenvalue weighted by Crippen LogP contribution is 2.17. The number of rotatable bonds is 4. The minimum atomic E-state index is -3.43. The highest BCUT2D eigenvalue weighted by Gasteiger charge is 2.14. The van der Waals surface area contributed by atoms with Gasteiger partial charge >= 0.3 is 0 Å². The standard InChI is InChI=1S/C13H15N3O4S/c1-8-3-11(16-20-8)7-15-13(17)9-4-10(14)6-12(5-9)21(2,18)19/h3-6H,7,14H2,1-2H3,(H,15,17). The van der Waals surface area contributed by atoms with Gasteiger partial charge in [-0.25, -0.2) is 8.42 Å². The summed E-state index contributed by atoms with van der Waals surface area (Å²) in [5.74, 6) is 0.204. The maximum absolute atomic E-state index is 12.0. The lowest BCUT2D eigenvalue weighted by Crippen LogP contribution is -2.23. The average Bonchev–Trinajstić information content (AvgIpc) is 2.80. The number of nitrogens with two attached hydrogens (primary N) is 1. The number of sulfone groups is 1. The van der Waals surface area contributed by atoms with Crippen LogP contribution in [0.2, 0.25) is 0 Å². The van der Waals surface area contributed by atoms with Crippen LogP contribution in [0.25, 0.3) is 0 Å². The highest BCUT2D eigenvalue weighted by molar-refractivity contribution is 7.90. The normalized spacial score (nSPS) is 11.3. The third-order valence-electron chi connectivity index (χ3n) is 2.73. The summed E-state index contributed by atoms with van der Waals surface area (Å²) < 4.78 is 27.9. The Bertz CT molecular complexity index is 780. The molecule has 0 saturated heterocycles. The molecule has 0 unspecified atom stereocenters. The van der Waals surface area contributed by atoms with E-state index in [1.807, 2.05) is 0 Å². The lowest BCUT2D eigenvalue weighted by atomic mass is 10.2. The Morgan fingerprint density at radius 2 is 2.05 bits per heavy atom. The summed E-state index contributed by atoms with van der Waals surface area (Å²) in [6.07, 6.45) is 1.06. The van der Waals surface area contributed by atoms with Crippen molar-refractivity contribution in [3.63, 3.8) is 0 Å². The number of nitrogens with one attached hydrogen (secondary N) is 1. The van der Waals surface area contributed by atoms with Gasteiger partial charge < -0.3 is 15.6 Å². The van der Waals surface area contributed by atoms with Crippen LogP contribution in [-0.2, 0) is 16.4 Å². The number of aryl methyl sites for hydroxylation is 1. The van der Waals surface area contributed by atoms with Gasteiger partial charge in [0.05, 0.1) is 11.4 Å². The van der Waals surface area contributed by atoms with E-state index < -0.39 is 15.7 Å². The Balaban J connectivity index is 2.17. The second-order valence-electron chi connectivity index (χ2n) is 4.67. The fraction of sp³-hybridized carbons (Fsp3) is 0.231. The lowest BCUT2D eigenvalue weighted by molar-refractivity contribution is 0.0950. The summed E-state index contributed by atoms with van der Waals surface area (Å²) in [7, 11) is -3.43. The van der Waals surface area contributed by atoms with Crippen LogP contribution in [0.3, 0.4) is 0 Å². The Morgan fingerprint density at radius 1 is 1.33 bits per heavy atom. The monoisotopic (exact) mass is 309 g/mol. The van der Waals surface area contributed by atoms with Gasteiger partial charge in [0.25, 0.3) is 5.91 Å². The first kappa shape index (κ1) is 15.0. The number of benzene rings is 1. The molecule has 0 bridgehead atoms. The number of nitrogen functional groups attached to an aromatic ring is 1. The van der Waals surface area contributed by atoms with Crippen LogP contribution < -0.4 is 11.1 Å². The maximum Gasteiger partial charge on any atom is 0.251 e. The Hall–Kier alpha value is -2.35. The van der Waals surface area contributed by atoms with Crippen molar-refractivity contribution in [2.45, 2.75) is 18.4 Å². The first-order valence-electron chi connectivity index (χ1n) is 6.07. The maximum atomic E-state index is 12.0. The van der Waals surface area contributed by atoms with E-state index in [0.717, 1.165) is 6.26 Å². The van der Waals surface area contributed by atoms with Gasteiger partial charge in [-0.05, 0) is 25.1 Å². The van der Waals surface area contributed by atoms with Crippen LogP contribution in [0.15, 0.2) is 33.7 Å². The number of carbonyl (C=O) groups excluding carboxylic acids is 1. The van der Waals surface area contributed by atoms with Crippen molar-refractivity contribution < 1.29 is 17.7 Å². The zero-order chi connectivity index (χ0) is 15.6. The van der Waals surface area contributed by atoms with Gasteiger partial charge in [0.1, 0.15) is 11.5 Å². The quantitative estimate of drug-likeness (QED) is 0.811. The van der Waals surface area contributed by atoms with E-state index >= 15 is 0 Å². The number of hydrogen-bond donors (Lipinski definition) is 2. The average molecular weight is 309 g/mol. The zero-order valence-electron chi connectivity index (χ0n) is 11.6. The summed E-state index contributed by atoms with van der Waals surface area (Å²) in [5, 5.41) is 6.37. The van der Waals surface area contributed by atoms with E-state index in [2.05, 4.69) is 10.5 Å². The smallest absolute Gasteiger partial charge is 0.251 e.